The number of aromatic amines is 1. The van der Waals surface area contributed by atoms with E-state index in [9.17, 15) is 4.79 Å². The molecule has 3 aromatic rings. The molecule has 0 bridgehead atoms. The summed E-state index contributed by atoms with van der Waals surface area (Å²) >= 11 is 0. The molecule has 0 unspecified atom stereocenters. The molecule has 7 heteroatoms. The molecule has 4 heterocycles. The van der Waals surface area contributed by atoms with Crippen LogP contribution in [0.3, 0.4) is 0 Å². The summed E-state index contributed by atoms with van der Waals surface area (Å²) in [6, 6.07) is 5.74. The zero-order chi connectivity index (χ0) is 17.6. The molecule has 1 aliphatic heterocycles. The van der Waals surface area contributed by atoms with E-state index in [1.165, 1.54) is 0 Å². The van der Waals surface area contributed by atoms with Crippen LogP contribution in [0.25, 0.3) is 5.65 Å². The Labute approximate surface area is 145 Å². The van der Waals surface area contributed by atoms with Crippen molar-refractivity contribution in [2.75, 3.05) is 18.0 Å². The van der Waals surface area contributed by atoms with Crippen LogP contribution in [-0.2, 0) is 0 Å². The minimum absolute atomic E-state index is 0.0663. The lowest BCUT2D eigenvalue weighted by Gasteiger charge is -2.33. The normalized spacial score (nSPS) is 15.9. The van der Waals surface area contributed by atoms with Gasteiger partial charge >= 0.3 is 0 Å². The van der Waals surface area contributed by atoms with E-state index < -0.39 is 0 Å². The van der Waals surface area contributed by atoms with Crippen molar-refractivity contribution in [3.63, 3.8) is 0 Å². The summed E-state index contributed by atoms with van der Waals surface area (Å²) in [5.74, 6) is 2.10. The minimum Gasteiger partial charge on any atom is -0.356 e. The number of nitrogens with zero attached hydrogens (tertiary/aromatic N) is 5. The van der Waals surface area contributed by atoms with E-state index >= 15 is 0 Å². The third kappa shape index (κ3) is 3.01. The number of rotatable bonds is 2. The zero-order valence-electron chi connectivity index (χ0n) is 14.8. The maximum absolute atomic E-state index is 11.7. The highest BCUT2D eigenvalue weighted by molar-refractivity contribution is 5.52. The molecule has 1 N–H and O–H groups in total. The van der Waals surface area contributed by atoms with Crippen LogP contribution in [0.2, 0.25) is 0 Å². The van der Waals surface area contributed by atoms with E-state index in [4.69, 9.17) is 0 Å². The largest absolute Gasteiger partial charge is 0.356 e. The van der Waals surface area contributed by atoms with Gasteiger partial charge in [0.25, 0.3) is 5.56 Å². The third-order valence-electron chi connectivity index (χ3n) is 4.78. The van der Waals surface area contributed by atoms with Gasteiger partial charge < -0.3 is 9.88 Å². The van der Waals surface area contributed by atoms with Gasteiger partial charge in [-0.05, 0) is 33.6 Å². The van der Waals surface area contributed by atoms with Gasteiger partial charge in [-0.3, -0.25) is 4.79 Å². The Balaban J connectivity index is 1.59. The van der Waals surface area contributed by atoms with Crippen LogP contribution in [0, 0.1) is 20.8 Å². The van der Waals surface area contributed by atoms with Gasteiger partial charge in [-0.25, -0.2) is 9.97 Å². The molecule has 25 heavy (non-hydrogen) atoms. The molecule has 0 saturated carbocycles. The number of aromatic nitrogens is 5. The second kappa shape index (κ2) is 5.98. The van der Waals surface area contributed by atoms with Crippen molar-refractivity contribution in [2.24, 2.45) is 0 Å². The second-order valence-electron chi connectivity index (χ2n) is 6.83. The van der Waals surface area contributed by atoms with Crippen LogP contribution in [0.4, 0.5) is 5.82 Å². The number of fused-ring (bicyclic) bond motifs is 1. The lowest BCUT2D eigenvalue weighted by molar-refractivity contribution is 0.489. The van der Waals surface area contributed by atoms with Crippen LogP contribution in [-0.4, -0.2) is 37.7 Å². The predicted octanol–water partition coefficient (Wildman–Crippen LogP) is 2.12. The molecule has 4 rings (SSSR count). The first-order valence-electron chi connectivity index (χ1n) is 8.66. The number of anilines is 1. The van der Waals surface area contributed by atoms with E-state index in [-0.39, 0.29) is 5.56 Å². The molecule has 130 valence electrons. The minimum atomic E-state index is -0.0663. The summed E-state index contributed by atoms with van der Waals surface area (Å²) in [5.41, 5.74) is 3.70. The Hall–Kier alpha value is -2.70. The molecule has 0 spiro atoms. The predicted molar refractivity (Wildman–Crippen MR) is 96.2 cm³/mol. The molecule has 1 aliphatic rings. The van der Waals surface area contributed by atoms with Gasteiger partial charge in [-0.2, -0.15) is 9.61 Å². The molecule has 7 nitrogen and oxygen atoms in total. The number of nitrogens with one attached hydrogen (secondary N) is 1. The van der Waals surface area contributed by atoms with E-state index in [1.807, 2.05) is 31.4 Å². The van der Waals surface area contributed by atoms with Crippen molar-refractivity contribution in [3.05, 3.63) is 51.5 Å². The van der Waals surface area contributed by atoms with Crippen molar-refractivity contribution in [3.8, 4) is 0 Å². The third-order valence-corrected chi connectivity index (χ3v) is 4.78. The highest BCUT2D eigenvalue weighted by Gasteiger charge is 2.24. The summed E-state index contributed by atoms with van der Waals surface area (Å²) in [6.07, 6.45) is 1.94. The Morgan fingerprint density at radius 1 is 1.04 bits per heavy atom. The number of H-pyrrole nitrogens is 1. The molecule has 0 aliphatic carbocycles. The first kappa shape index (κ1) is 15.8. The van der Waals surface area contributed by atoms with Crippen LogP contribution >= 0.6 is 0 Å². The summed E-state index contributed by atoms with van der Waals surface area (Å²) in [7, 11) is 0. The topological polar surface area (TPSA) is 79.2 Å². The highest BCUT2D eigenvalue weighted by Crippen LogP contribution is 2.29. The smallest absolute Gasteiger partial charge is 0.251 e. The SMILES string of the molecule is Cc1cc(N2CCC(c3cc(=O)[nH]c(C)n3)CC2)n2nc(C)cc2n1. The Bertz CT molecular complexity index is 981. The number of aryl methyl sites for hydroxylation is 3. The van der Waals surface area contributed by atoms with Crippen LogP contribution < -0.4 is 10.5 Å². The molecule has 0 radical (unpaired) electrons. The molecular weight excluding hydrogens is 316 g/mol. The Morgan fingerprint density at radius 3 is 2.52 bits per heavy atom. The second-order valence-corrected chi connectivity index (χ2v) is 6.83. The van der Waals surface area contributed by atoms with Gasteiger partial charge in [0, 0.05) is 42.9 Å². The average molecular weight is 338 g/mol. The first-order valence-corrected chi connectivity index (χ1v) is 8.66. The maximum atomic E-state index is 11.7. The number of hydrogen-bond donors (Lipinski definition) is 1. The van der Waals surface area contributed by atoms with Gasteiger partial charge in [-0.15, -0.1) is 0 Å². The average Bonchev–Trinajstić information content (AvgIpc) is 2.93. The van der Waals surface area contributed by atoms with E-state index in [0.717, 1.165) is 54.5 Å². The monoisotopic (exact) mass is 338 g/mol. The fourth-order valence-corrected chi connectivity index (χ4v) is 3.64. The molecule has 1 fully saturated rings. The van der Waals surface area contributed by atoms with E-state index in [1.54, 1.807) is 6.07 Å². The first-order chi connectivity index (χ1) is 12.0. The fraction of sp³-hybridized carbons (Fsp3) is 0.444. The molecular formula is C18H22N6O. The fourth-order valence-electron chi connectivity index (χ4n) is 3.64. The maximum Gasteiger partial charge on any atom is 0.251 e. The Morgan fingerprint density at radius 2 is 1.80 bits per heavy atom. The quantitative estimate of drug-likeness (QED) is 0.774. The van der Waals surface area contributed by atoms with Gasteiger partial charge in [0.15, 0.2) is 5.65 Å². The summed E-state index contributed by atoms with van der Waals surface area (Å²) in [5, 5.41) is 4.58. The van der Waals surface area contributed by atoms with Gasteiger partial charge in [0.05, 0.1) is 11.4 Å². The summed E-state index contributed by atoms with van der Waals surface area (Å²) in [4.78, 5) is 25.9. The van der Waals surface area contributed by atoms with Crippen LogP contribution in [0.1, 0.15) is 41.7 Å². The molecule has 0 amide bonds. The highest BCUT2D eigenvalue weighted by atomic mass is 16.1. The molecule has 3 aromatic heterocycles. The van der Waals surface area contributed by atoms with Crippen LogP contribution in [0.15, 0.2) is 23.0 Å². The van der Waals surface area contributed by atoms with Crippen molar-refractivity contribution in [1.29, 1.82) is 0 Å². The number of hydrogen-bond acceptors (Lipinski definition) is 5. The van der Waals surface area contributed by atoms with Crippen molar-refractivity contribution in [2.45, 2.75) is 39.5 Å². The molecule has 1 saturated heterocycles. The summed E-state index contributed by atoms with van der Waals surface area (Å²) in [6.45, 7) is 7.66. The lowest BCUT2D eigenvalue weighted by Crippen LogP contribution is -2.35. The van der Waals surface area contributed by atoms with Gasteiger partial charge in [-0.1, -0.05) is 0 Å². The van der Waals surface area contributed by atoms with Gasteiger partial charge in [0.1, 0.15) is 11.6 Å². The van der Waals surface area contributed by atoms with E-state index in [0.29, 0.717) is 11.7 Å². The number of piperidine rings is 1. The van der Waals surface area contributed by atoms with Crippen LogP contribution in [0.5, 0.6) is 0 Å². The van der Waals surface area contributed by atoms with Crippen molar-refractivity contribution >= 4 is 11.5 Å². The zero-order valence-corrected chi connectivity index (χ0v) is 14.8. The van der Waals surface area contributed by atoms with Gasteiger partial charge in [0.2, 0.25) is 0 Å². The Kier molecular flexibility index (Phi) is 3.78. The standard InChI is InChI=1S/C18H22N6O/c1-11-9-18(24-16(19-11)8-12(2)22-24)23-6-4-14(5-7-23)15-10-17(25)21-13(3)20-15/h8-10,14H,4-7H2,1-3H3,(H,20,21,25). The molecule has 0 atom stereocenters. The summed E-state index contributed by atoms with van der Waals surface area (Å²) < 4.78 is 1.93. The lowest BCUT2D eigenvalue weighted by atomic mass is 9.93. The van der Waals surface area contributed by atoms with Crippen molar-refractivity contribution < 1.29 is 0 Å². The van der Waals surface area contributed by atoms with Crippen molar-refractivity contribution in [1.82, 2.24) is 24.6 Å². The molecule has 0 aromatic carbocycles. The van der Waals surface area contributed by atoms with E-state index in [2.05, 4.69) is 31.0 Å².